The van der Waals surface area contributed by atoms with Crippen LogP contribution in [0.4, 0.5) is 0 Å². The van der Waals surface area contributed by atoms with Gasteiger partial charge in [0.05, 0.1) is 0 Å². The fourth-order valence-electron chi connectivity index (χ4n) is 2.15. The van der Waals surface area contributed by atoms with Gasteiger partial charge in [-0.25, -0.2) is 0 Å². The summed E-state index contributed by atoms with van der Waals surface area (Å²) < 4.78 is 5.11. The van der Waals surface area contributed by atoms with Gasteiger partial charge in [-0.05, 0) is 26.7 Å². The number of piperazine rings is 1. The van der Waals surface area contributed by atoms with E-state index in [0.717, 1.165) is 26.1 Å². The van der Waals surface area contributed by atoms with E-state index in [1.54, 1.807) is 7.11 Å². The second kappa shape index (κ2) is 5.83. The third-order valence-electron chi connectivity index (χ3n) is 3.39. The Balaban J connectivity index is 2.41. The molecule has 0 saturated carbocycles. The highest BCUT2D eigenvalue weighted by Gasteiger charge is 2.32. The summed E-state index contributed by atoms with van der Waals surface area (Å²) in [6.07, 6.45) is 2.35. The molecule has 3 nitrogen and oxygen atoms in total. The molecule has 1 N–H and O–H groups in total. The molecule has 1 unspecified atom stereocenters. The number of hydrogen-bond donors (Lipinski definition) is 1. The molecule has 1 rings (SSSR count). The van der Waals surface area contributed by atoms with Gasteiger partial charge in [-0.3, -0.25) is 4.90 Å². The minimum Gasteiger partial charge on any atom is -0.385 e. The monoisotopic (exact) mass is 214 g/mol. The van der Waals surface area contributed by atoms with Gasteiger partial charge < -0.3 is 10.1 Å². The molecule has 0 aliphatic carbocycles. The van der Waals surface area contributed by atoms with Gasteiger partial charge in [0, 0.05) is 44.9 Å². The Morgan fingerprint density at radius 2 is 2.20 bits per heavy atom. The zero-order valence-corrected chi connectivity index (χ0v) is 10.7. The lowest BCUT2D eigenvalue weighted by Gasteiger charge is -2.46. The Morgan fingerprint density at radius 1 is 1.47 bits per heavy atom. The number of ether oxygens (including phenoxy) is 1. The first-order chi connectivity index (χ1) is 7.10. The lowest BCUT2D eigenvalue weighted by atomic mass is 9.96. The minimum atomic E-state index is 0.291. The molecule has 1 aliphatic heterocycles. The maximum atomic E-state index is 5.11. The third kappa shape index (κ3) is 3.74. The molecule has 0 bridgehead atoms. The van der Waals surface area contributed by atoms with E-state index in [1.807, 2.05) is 0 Å². The van der Waals surface area contributed by atoms with E-state index in [9.17, 15) is 0 Å². The second-order valence-corrected chi connectivity index (χ2v) is 5.09. The smallest absolute Gasteiger partial charge is 0.0474 e. The number of nitrogens with one attached hydrogen (secondary N) is 1. The highest BCUT2D eigenvalue weighted by atomic mass is 16.5. The number of rotatable bonds is 5. The Bertz CT molecular complexity index is 182. The number of hydrogen-bond acceptors (Lipinski definition) is 3. The van der Waals surface area contributed by atoms with Crippen LogP contribution in [0.15, 0.2) is 0 Å². The predicted molar refractivity (Wildman–Crippen MR) is 64.2 cm³/mol. The summed E-state index contributed by atoms with van der Waals surface area (Å²) in [7, 11) is 1.78. The van der Waals surface area contributed by atoms with Gasteiger partial charge in [0.1, 0.15) is 0 Å². The van der Waals surface area contributed by atoms with Crippen LogP contribution in [-0.2, 0) is 4.74 Å². The maximum absolute atomic E-state index is 5.11. The summed E-state index contributed by atoms with van der Waals surface area (Å²) in [6.45, 7) is 11.2. The highest BCUT2D eigenvalue weighted by molar-refractivity contribution is 4.92. The van der Waals surface area contributed by atoms with Crippen molar-refractivity contribution in [2.24, 2.45) is 0 Å². The van der Waals surface area contributed by atoms with E-state index in [4.69, 9.17) is 4.74 Å². The fraction of sp³-hybridized carbons (Fsp3) is 1.00. The zero-order chi connectivity index (χ0) is 11.3. The maximum Gasteiger partial charge on any atom is 0.0474 e. The summed E-state index contributed by atoms with van der Waals surface area (Å²) >= 11 is 0. The van der Waals surface area contributed by atoms with Crippen molar-refractivity contribution in [2.45, 2.75) is 45.2 Å². The fourth-order valence-corrected chi connectivity index (χ4v) is 2.15. The van der Waals surface area contributed by atoms with E-state index >= 15 is 0 Å². The normalized spacial score (nSPS) is 26.8. The first-order valence-corrected chi connectivity index (χ1v) is 6.07. The molecule has 1 aliphatic rings. The molecule has 1 heterocycles. The van der Waals surface area contributed by atoms with E-state index in [1.165, 1.54) is 13.0 Å². The second-order valence-electron chi connectivity index (χ2n) is 5.09. The van der Waals surface area contributed by atoms with Crippen molar-refractivity contribution in [3.8, 4) is 0 Å². The van der Waals surface area contributed by atoms with E-state index < -0.39 is 0 Å². The first kappa shape index (κ1) is 12.9. The molecule has 90 valence electrons. The molecule has 0 aromatic heterocycles. The lowest BCUT2D eigenvalue weighted by Crippen LogP contribution is -2.61. The van der Waals surface area contributed by atoms with Crippen molar-refractivity contribution in [2.75, 3.05) is 33.4 Å². The molecular formula is C12H26N2O. The Hall–Kier alpha value is -0.120. The van der Waals surface area contributed by atoms with Crippen molar-refractivity contribution < 1.29 is 4.74 Å². The average Bonchev–Trinajstić information content (AvgIpc) is 2.21. The number of nitrogens with zero attached hydrogens (tertiary/aromatic N) is 1. The molecule has 0 amide bonds. The van der Waals surface area contributed by atoms with Crippen molar-refractivity contribution in [3.63, 3.8) is 0 Å². The molecule has 0 radical (unpaired) electrons. The molecular weight excluding hydrogens is 188 g/mol. The largest absolute Gasteiger partial charge is 0.385 e. The van der Waals surface area contributed by atoms with Crippen LogP contribution in [0.3, 0.4) is 0 Å². The van der Waals surface area contributed by atoms with Gasteiger partial charge >= 0.3 is 0 Å². The molecule has 1 saturated heterocycles. The minimum absolute atomic E-state index is 0.291. The molecule has 15 heavy (non-hydrogen) atoms. The molecule has 0 aromatic rings. The van der Waals surface area contributed by atoms with Crippen LogP contribution < -0.4 is 5.32 Å². The van der Waals surface area contributed by atoms with Crippen molar-refractivity contribution in [1.82, 2.24) is 10.2 Å². The lowest BCUT2D eigenvalue weighted by molar-refractivity contribution is 0.0556. The number of methoxy groups -OCH3 is 1. The molecule has 3 heteroatoms. The zero-order valence-electron chi connectivity index (χ0n) is 10.7. The van der Waals surface area contributed by atoms with Gasteiger partial charge in [0.2, 0.25) is 0 Å². The van der Waals surface area contributed by atoms with Crippen molar-refractivity contribution >= 4 is 0 Å². The van der Waals surface area contributed by atoms with Crippen LogP contribution in [0.25, 0.3) is 0 Å². The summed E-state index contributed by atoms with van der Waals surface area (Å²) in [5, 5.41) is 3.61. The highest BCUT2D eigenvalue weighted by Crippen LogP contribution is 2.19. The molecule has 1 atom stereocenters. The predicted octanol–water partition coefficient (Wildman–Crippen LogP) is 1.49. The van der Waals surface area contributed by atoms with E-state index in [2.05, 4.69) is 31.0 Å². The molecule has 0 spiro atoms. The van der Waals surface area contributed by atoms with E-state index in [-0.39, 0.29) is 0 Å². The van der Waals surface area contributed by atoms with Crippen LogP contribution >= 0.6 is 0 Å². The van der Waals surface area contributed by atoms with Crippen LogP contribution in [0.1, 0.15) is 33.6 Å². The van der Waals surface area contributed by atoms with Gasteiger partial charge in [0.25, 0.3) is 0 Å². The SMILES string of the molecule is CCC1CN(CCCOC)C(C)(C)CN1. The van der Waals surface area contributed by atoms with Crippen molar-refractivity contribution in [3.05, 3.63) is 0 Å². The third-order valence-corrected chi connectivity index (χ3v) is 3.39. The van der Waals surface area contributed by atoms with Gasteiger partial charge in [-0.15, -0.1) is 0 Å². The Kier molecular flexibility index (Phi) is 5.03. The summed E-state index contributed by atoms with van der Waals surface area (Å²) in [6, 6.07) is 0.667. The summed E-state index contributed by atoms with van der Waals surface area (Å²) in [5.74, 6) is 0. The van der Waals surface area contributed by atoms with E-state index in [0.29, 0.717) is 11.6 Å². The molecule has 1 fully saturated rings. The van der Waals surface area contributed by atoms with Crippen molar-refractivity contribution in [1.29, 1.82) is 0 Å². The van der Waals surface area contributed by atoms with Crippen LogP contribution in [0.2, 0.25) is 0 Å². The van der Waals surface area contributed by atoms with Gasteiger partial charge in [-0.2, -0.15) is 0 Å². The molecule has 0 aromatic carbocycles. The average molecular weight is 214 g/mol. The Labute approximate surface area is 94.2 Å². The summed E-state index contributed by atoms with van der Waals surface area (Å²) in [4.78, 5) is 2.59. The van der Waals surface area contributed by atoms with Gasteiger partial charge in [0.15, 0.2) is 0 Å². The quantitative estimate of drug-likeness (QED) is 0.702. The van der Waals surface area contributed by atoms with Crippen LogP contribution in [-0.4, -0.2) is 49.8 Å². The summed E-state index contributed by atoms with van der Waals surface area (Å²) in [5.41, 5.74) is 0.291. The first-order valence-electron chi connectivity index (χ1n) is 6.07. The van der Waals surface area contributed by atoms with Gasteiger partial charge in [-0.1, -0.05) is 6.92 Å². The topological polar surface area (TPSA) is 24.5 Å². The standard InChI is InChI=1S/C12H26N2O/c1-5-11-9-14(7-6-8-15-4)12(2,3)10-13-11/h11,13H,5-10H2,1-4H3. The van der Waals surface area contributed by atoms with Crippen LogP contribution in [0.5, 0.6) is 0 Å². The Morgan fingerprint density at radius 3 is 2.80 bits per heavy atom. The van der Waals surface area contributed by atoms with Crippen LogP contribution in [0, 0.1) is 0 Å².